The molecule has 2 rings (SSSR count). The van der Waals surface area contributed by atoms with Gasteiger partial charge in [-0.05, 0) is 24.3 Å². The summed E-state index contributed by atoms with van der Waals surface area (Å²) in [6.45, 7) is 9.38. The largest absolute Gasteiger partial charge is 0.497 e. The van der Waals surface area contributed by atoms with E-state index < -0.39 is 0 Å². The third-order valence-corrected chi connectivity index (χ3v) is 1.98. The minimum atomic E-state index is -0.286. The second-order valence-corrected chi connectivity index (χ2v) is 3.83. The van der Waals surface area contributed by atoms with Gasteiger partial charge in [0.1, 0.15) is 11.5 Å². The van der Waals surface area contributed by atoms with E-state index in [0.29, 0.717) is 5.75 Å². The minimum Gasteiger partial charge on any atom is -0.497 e. The molecule has 0 aromatic heterocycles. The topological polar surface area (TPSA) is 44.8 Å². The summed E-state index contributed by atoms with van der Waals surface area (Å²) in [7, 11) is 4.91. The molecule has 0 fully saturated rings. The fourth-order valence-corrected chi connectivity index (χ4v) is 1.21. The molecule has 0 atom stereocenters. The van der Waals surface area contributed by atoms with Gasteiger partial charge < -0.3 is 14.2 Å². The lowest BCUT2D eigenvalue weighted by Crippen LogP contribution is -2.00. The first-order chi connectivity index (χ1) is 12.1. The highest BCUT2D eigenvalue weighted by Gasteiger charge is 1.92. The van der Waals surface area contributed by atoms with Crippen LogP contribution in [0.2, 0.25) is 0 Å². The van der Waals surface area contributed by atoms with Crippen molar-refractivity contribution >= 4 is 5.97 Å². The maximum atomic E-state index is 10.4. The highest BCUT2D eigenvalue weighted by molar-refractivity contribution is 5.69. The van der Waals surface area contributed by atoms with Crippen LogP contribution in [-0.2, 0) is 9.53 Å². The number of ether oxygens (including phenoxy) is 3. The molecule has 0 radical (unpaired) electrons. The molecule has 2 aromatic carbocycles. The number of methoxy groups -OCH3 is 2. The Hall–Kier alpha value is -2.33. The minimum absolute atomic E-state index is 0.286. The summed E-state index contributed by atoms with van der Waals surface area (Å²) in [5.41, 5.74) is 0. The zero-order valence-corrected chi connectivity index (χ0v) is 16.9. The van der Waals surface area contributed by atoms with Crippen molar-refractivity contribution in [2.75, 3.05) is 21.3 Å². The third-order valence-electron chi connectivity index (χ3n) is 1.98. The lowest BCUT2D eigenvalue weighted by atomic mass is 10.3. The molecule has 0 N–H and O–H groups in total. The monoisotopic (exact) mass is 350 g/mol. The lowest BCUT2D eigenvalue weighted by molar-refractivity contribution is -0.131. The van der Waals surface area contributed by atoms with E-state index in [0.717, 1.165) is 5.75 Å². The maximum Gasteiger partial charge on any atom is 0.308 e. The van der Waals surface area contributed by atoms with E-state index in [4.69, 9.17) is 9.47 Å². The van der Waals surface area contributed by atoms with E-state index >= 15 is 0 Å². The molecule has 0 spiro atoms. The Kier molecular flexibility index (Phi) is 26.3. The number of carbonyl (C=O) groups is 1. The van der Waals surface area contributed by atoms with Crippen LogP contribution in [0.25, 0.3) is 0 Å². The van der Waals surface area contributed by atoms with Crippen LogP contribution in [0.15, 0.2) is 60.7 Å². The van der Waals surface area contributed by atoms with Crippen molar-refractivity contribution in [3.8, 4) is 11.5 Å². The molecular weight excluding hydrogens is 316 g/mol. The molecule has 4 nitrogen and oxygen atoms in total. The van der Waals surface area contributed by atoms with Crippen molar-refractivity contribution in [3.63, 3.8) is 0 Å². The van der Waals surface area contributed by atoms with E-state index in [1.807, 2.05) is 76.2 Å². The van der Waals surface area contributed by atoms with Crippen molar-refractivity contribution < 1.29 is 19.0 Å². The number of benzene rings is 2. The average molecular weight is 350 g/mol. The molecule has 0 aliphatic heterocycles. The zero-order valence-electron chi connectivity index (χ0n) is 16.9. The Morgan fingerprint density at radius 3 is 1.24 bits per heavy atom. The van der Waals surface area contributed by atoms with Crippen LogP contribution < -0.4 is 9.47 Å². The van der Waals surface area contributed by atoms with Crippen molar-refractivity contribution in [1.29, 1.82) is 0 Å². The van der Waals surface area contributed by atoms with E-state index in [1.54, 1.807) is 33.5 Å². The zero-order chi connectivity index (χ0) is 19.9. The van der Waals surface area contributed by atoms with E-state index in [-0.39, 0.29) is 5.97 Å². The lowest BCUT2D eigenvalue weighted by Gasteiger charge is -1.97. The predicted octanol–water partition coefficient (Wildman–Crippen LogP) is 5.62. The Morgan fingerprint density at radius 1 is 0.680 bits per heavy atom. The molecule has 0 bridgehead atoms. The van der Waals surface area contributed by atoms with Crippen LogP contribution in [0.3, 0.4) is 0 Å². The van der Waals surface area contributed by atoms with Gasteiger partial charge in [0.25, 0.3) is 0 Å². The molecule has 25 heavy (non-hydrogen) atoms. The van der Waals surface area contributed by atoms with Gasteiger partial charge in [0, 0.05) is 21.1 Å². The van der Waals surface area contributed by atoms with Gasteiger partial charge in [-0.3, -0.25) is 4.79 Å². The average Bonchev–Trinajstić information content (AvgIpc) is 2.67. The summed E-state index contributed by atoms with van der Waals surface area (Å²) in [5, 5.41) is 0. The van der Waals surface area contributed by atoms with Crippen molar-refractivity contribution in [2.45, 2.75) is 34.6 Å². The summed E-state index contributed by atoms with van der Waals surface area (Å²) in [6, 6.07) is 18.7. The van der Waals surface area contributed by atoms with Crippen LogP contribution in [-0.4, -0.2) is 27.3 Å². The van der Waals surface area contributed by atoms with Gasteiger partial charge >= 0.3 is 5.97 Å². The number of esters is 1. The first-order valence-corrected chi connectivity index (χ1v) is 8.36. The molecule has 142 valence electrons. The van der Waals surface area contributed by atoms with E-state index in [9.17, 15) is 4.79 Å². The summed E-state index contributed by atoms with van der Waals surface area (Å²) >= 11 is 0. The molecule has 0 aliphatic carbocycles. The van der Waals surface area contributed by atoms with Crippen molar-refractivity contribution in [3.05, 3.63) is 60.7 Å². The first-order valence-electron chi connectivity index (χ1n) is 8.36. The smallest absolute Gasteiger partial charge is 0.308 e. The normalized spacial score (nSPS) is 7.52. The molecule has 0 aliphatic rings. The summed E-state index contributed by atoms with van der Waals surface area (Å²) in [6.07, 6.45) is 0. The van der Waals surface area contributed by atoms with Gasteiger partial charge in [-0.25, -0.2) is 0 Å². The molecule has 4 heteroatoms. The van der Waals surface area contributed by atoms with Crippen LogP contribution >= 0.6 is 0 Å². The van der Waals surface area contributed by atoms with Gasteiger partial charge in [-0.1, -0.05) is 64.1 Å². The second-order valence-electron chi connectivity index (χ2n) is 3.83. The molecule has 2 aromatic rings. The summed E-state index contributed by atoms with van der Waals surface area (Å²) < 4.78 is 13.9. The fraction of sp³-hybridized carbons (Fsp3) is 0.381. The van der Waals surface area contributed by atoms with Gasteiger partial charge in [0.15, 0.2) is 0 Å². The Balaban J connectivity index is -0.000000289. The molecule has 0 saturated carbocycles. The first kappa shape index (κ1) is 27.5. The molecular formula is C21H34O4. The van der Waals surface area contributed by atoms with E-state index in [1.165, 1.54) is 6.92 Å². The highest BCUT2D eigenvalue weighted by atomic mass is 16.5. The quantitative estimate of drug-likeness (QED) is 0.521. The van der Waals surface area contributed by atoms with Gasteiger partial charge in [0.05, 0.1) is 7.11 Å². The SMILES string of the molecule is CC.CC.CC(=O)Oc1ccccc1.COC.COc1ccccc1. The van der Waals surface area contributed by atoms with Crippen molar-refractivity contribution in [2.24, 2.45) is 0 Å². The highest BCUT2D eigenvalue weighted by Crippen LogP contribution is 2.07. The van der Waals surface area contributed by atoms with Crippen molar-refractivity contribution in [1.82, 2.24) is 0 Å². The molecule has 0 saturated heterocycles. The van der Waals surface area contributed by atoms with Crippen LogP contribution in [0.4, 0.5) is 0 Å². The number of rotatable bonds is 2. The van der Waals surface area contributed by atoms with E-state index in [2.05, 4.69) is 4.74 Å². The van der Waals surface area contributed by atoms with Gasteiger partial charge in [0.2, 0.25) is 0 Å². The molecule has 0 amide bonds. The Labute approximate surface area is 153 Å². The molecule has 0 unspecified atom stereocenters. The van der Waals surface area contributed by atoms with Crippen LogP contribution in [0, 0.1) is 0 Å². The Morgan fingerprint density at radius 2 is 1.00 bits per heavy atom. The Bertz CT molecular complexity index is 470. The summed E-state index contributed by atoms with van der Waals surface area (Å²) in [5.74, 6) is 1.22. The number of para-hydroxylation sites is 2. The molecule has 0 heterocycles. The van der Waals surface area contributed by atoms with Crippen LogP contribution in [0.1, 0.15) is 34.6 Å². The predicted molar refractivity (Wildman–Crippen MR) is 106 cm³/mol. The fourth-order valence-electron chi connectivity index (χ4n) is 1.21. The van der Waals surface area contributed by atoms with Crippen LogP contribution in [0.5, 0.6) is 11.5 Å². The third kappa shape index (κ3) is 21.7. The van der Waals surface area contributed by atoms with Gasteiger partial charge in [-0.15, -0.1) is 0 Å². The summed E-state index contributed by atoms with van der Waals surface area (Å²) in [4.78, 5) is 10.4. The van der Waals surface area contributed by atoms with Gasteiger partial charge in [-0.2, -0.15) is 0 Å². The number of hydrogen-bond donors (Lipinski definition) is 0. The standard InChI is InChI=1S/C8H8O2.C7H8O.C2H6O.2C2H6/c1-7(9)10-8-5-3-2-4-6-8;1-8-7-5-3-2-4-6-7;1-3-2;2*1-2/h2-6H,1H3;2-6H,1H3;1-2H3;2*1-2H3. The second kappa shape index (κ2) is 23.9. The number of carbonyl (C=O) groups excluding carboxylic acids is 1. The maximum absolute atomic E-state index is 10.4. The number of hydrogen-bond acceptors (Lipinski definition) is 4.